The number of likely N-dealkylation sites (tertiary alicyclic amines) is 1. The topological polar surface area (TPSA) is 67.2 Å². The largest absolute Gasteiger partial charge is 0.356 e. The fraction of sp³-hybridized carbons (Fsp3) is 0.423. The monoisotopic (exact) mass is 466 g/mol. The van der Waals surface area contributed by atoms with Crippen LogP contribution in [0, 0.1) is 0 Å². The predicted molar refractivity (Wildman–Crippen MR) is 131 cm³/mol. The molecule has 0 unspecified atom stereocenters. The number of rotatable bonds is 8. The van der Waals surface area contributed by atoms with Gasteiger partial charge in [0.15, 0.2) is 0 Å². The number of amides is 2. The molecule has 1 aliphatic heterocycles. The van der Waals surface area contributed by atoms with Gasteiger partial charge in [-0.05, 0) is 43.0 Å². The van der Waals surface area contributed by atoms with Crippen molar-refractivity contribution in [3.8, 4) is 0 Å². The van der Waals surface area contributed by atoms with Crippen LogP contribution in [0.5, 0.6) is 0 Å². The van der Waals surface area contributed by atoms with Gasteiger partial charge in [0.2, 0.25) is 11.8 Å². The summed E-state index contributed by atoms with van der Waals surface area (Å²) in [5, 5.41) is 3.58. The number of hydrogen-bond donors (Lipinski definition) is 1. The molecule has 4 rings (SSSR count). The second kappa shape index (κ2) is 11.3. The van der Waals surface area contributed by atoms with Crippen molar-refractivity contribution in [2.75, 3.05) is 19.6 Å². The number of imidazole rings is 1. The van der Waals surface area contributed by atoms with E-state index in [1.165, 1.54) is 12.8 Å². The number of benzene rings is 2. The molecule has 1 N–H and O–H groups in total. The molecule has 33 heavy (non-hydrogen) atoms. The van der Waals surface area contributed by atoms with E-state index in [1.54, 1.807) is 6.07 Å². The summed E-state index contributed by atoms with van der Waals surface area (Å²) in [6, 6.07) is 15.3. The fourth-order valence-corrected chi connectivity index (χ4v) is 4.60. The smallest absolute Gasteiger partial charge is 0.242 e. The molecule has 2 heterocycles. The van der Waals surface area contributed by atoms with Gasteiger partial charge in [-0.3, -0.25) is 9.59 Å². The first-order valence-corrected chi connectivity index (χ1v) is 12.2. The number of para-hydroxylation sites is 2. The maximum absolute atomic E-state index is 13.0. The zero-order valence-electron chi connectivity index (χ0n) is 18.9. The quantitative estimate of drug-likeness (QED) is 0.501. The molecule has 7 heteroatoms. The molecule has 0 bridgehead atoms. The molecule has 0 atom stereocenters. The highest BCUT2D eigenvalue weighted by molar-refractivity contribution is 6.31. The van der Waals surface area contributed by atoms with E-state index in [-0.39, 0.29) is 18.2 Å². The average Bonchev–Trinajstić information content (AvgIpc) is 2.98. The molecule has 1 fully saturated rings. The number of carbonyl (C=O) groups is 2. The second-order valence-corrected chi connectivity index (χ2v) is 9.03. The van der Waals surface area contributed by atoms with Crippen LogP contribution >= 0.6 is 11.6 Å². The molecule has 174 valence electrons. The number of nitrogens with zero attached hydrogens (tertiary/aromatic N) is 3. The Morgan fingerprint density at radius 3 is 2.48 bits per heavy atom. The fourth-order valence-electron chi connectivity index (χ4n) is 4.40. The van der Waals surface area contributed by atoms with E-state index >= 15 is 0 Å². The molecule has 3 aromatic rings. The minimum absolute atomic E-state index is 0.0482. The van der Waals surface area contributed by atoms with Crippen LogP contribution in [-0.2, 0) is 29.0 Å². The van der Waals surface area contributed by atoms with Crippen LogP contribution in [0.25, 0.3) is 11.0 Å². The molecular weight excluding hydrogens is 436 g/mol. The third-order valence-corrected chi connectivity index (χ3v) is 6.56. The number of fused-ring (bicyclic) bond motifs is 1. The SMILES string of the molecule is O=C(Cc1ccccc1Cl)NCCCc1nc2ccccc2n1CC(=O)N1CCCCCC1. The van der Waals surface area contributed by atoms with Crippen LogP contribution < -0.4 is 5.32 Å². The van der Waals surface area contributed by atoms with Crippen LogP contribution in [0.3, 0.4) is 0 Å². The third-order valence-electron chi connectivity index (χ3n) is 6.19. The van der Waals surface area contributed by atoms with Crippen LogP contribution in [0.15, 0.2) is 48.5 Å². The van der Waals surface area contributed by atoms with Crippen LogP contribution in [0.1, 0.15) is 43.5 Å². The standard InChI is InChI=1S/C26H31ClN4O2/c27-21-11-4-3-10-20(21)18-25(32)28-15-9-14-24-29-22-12-5-6-13-23(22)31(24)19-26(33)30-16-7-1-2-8-17-30/h3-6,10-13H,1-2,7-9,14-19H2,(H,28,32). The van der Waals surface area contributed by atoms with Crippen LogP contribution in [-0.4, -0.2) is 45.9 Å². The van der Waals surface area contributed by atoms with Crippen molar-refractivity contribution < 1.29 is 9.59 Å². The minimum Gasteiger partial charge on any atom is -0.356 e. The Kier molecular flexibility index (Phi) is 8.00. The van der Waals surface area contributed by atoms with E-state index < -0.39 is 0 Å². The Balaban J connectivity index is 1.36. The Morgan fingerprint density at radius 1 is 0.970 bits per heavy atom. The van der Waals surface area contributed by atoms with Gasteiger partial charge in [0.25, 0.3) is 0 Å². The van der Waals surface area contributed by atoms with E-state index in [4.69, 9.17) is 16.6 Å². The first-order valence-electron chi connectivity index (χ1n) is 11.8. The van der Waals surface area contributed by atoms with E-state index in [0.29, 0.717) is 24.5 Å². The number of hydrogen-bond acceptors (Lipinski definition) is 3. The summed E-state index contributed by atoms with van der Waals surface area (Å²) >= 11 is 6.15. The van der Waals surface area contributed by atoms with Crippen molar-refractivity contribution in [3.63, 3.8) is 0 Å². The molecule has 1 aliphatic rings. The maximum Gasteiger partial charge on any atom is 0.242 e. The highest BCUT2D eigenvalue weighted by Crippen LogP contribution is 2.19. The number of nitrogens with one attached hydrogen (secondary N) is 1. The van der Waals surface area contributed by atoms with Gasteiger partial charge in [0, 0.05) is 31.1 Å². The zero-order chi connectivity index (χ0) is 23.0. The number of carbonyl (C=O) groups excluding carboxylic acids is 2. The molecule has 0 aliphatic carbocycles. The van der Waals surface area contributed by atoms with Gasteiger partial charge in [-0.2, -0.15) is 0 Å². The lowest BCUT2D eigenvalue weighted by atomic mass is 10.1. The highest BCUT2D eigenvalue weighted by atomic mass is 35.5. The van der Waals surface area contributed by atoms with Gasteiger partial charge < -0.3 is 14.8 Å². The first kappa shape index (κ1) is 23.3. The molecular formula is C26H31ClN4O2. The number of aryl methyl sites for hydroxylation is 1. The van der Waals surface area contributed by atoms with Crippen molar-refractivity contribution in [2.45, 2.75) is 51.5 Å². The molecule has 6 nitrogen and oxygen atoms in total. The van der Waals surface area contributed by atoms with Gasteiger partial charge in [0.1, 0.15) is 12.4 Å². The van der Waals surface area contributed by atoms with E-state index in [0.717, 1.165) is 54.8 Å². The maximum atomic E-state index is 13.0. The van der Waals surface area contributed by atoms with Gasteiger partial charge in [0.05, 0.1) is 17.5 Å². The van der Waals surface area contributed by atoms with Gasteiger partial charge in [-0.1, -0.05) is 54.8 Å². The lowest BCUT2D eigenvalue weighted by Crippen LogP contribution is -2.35. The zero-order valence-corrected chi connectivity index (χ0v) is 19.7. The number of aromatic nitrogens is 2. The summed E-state index contributed by atoms with van der Waals surface area (Å²) in [5.41, 5.74) is 2.71. The lowest BCUT2D eigenvalue weighted by molar-refractivity contribution is -0.131. The Hall–Kier alpha value is -2.86. The van der Waals surface area contributed by atoms with Gasteiger partial charge in [-0.15, -0.1) is 0 Å². The summed E-state index contributed by atoms with van der Waals surface area (Å²) in [6.07, 6.45) is 6.26. The van der Waals surface area contributed by atoms with Crippen molar-refractivity contribution in [1.29, 1.82) is 0 Å². The molecule has 2 amide bonds. The summed E-state index contributed by atoms with van der Waals surface area (Å²) in [4.78, 5) is 32.1. The Bertz CT molecular complexity index is 1100. The normalized spacial score (nSPS) is 14.3. The van der Waals surface area contributed by atoms with E-state index in [2.05, 4.69) is 5.32 Å². The van der Waals surface area contributed by atoms with Crippen LogP contribution in [0.4, 0.5) is 0 Å². The Labute approximate surface area is 199 Å². The van der Waals surface area contributed by atoms with E-state index in [9.17, 15) is 9.59 Å². The van der Waals surface area contributed by atoms with Crippen molar-refractivity contribution >= 4 is 34.4 Å². The molecule has 0 spiro atoms. The van der Waals surface area contributed by atoms with Gasteiger partial charge >= 0.3 is 0 Å². The van der Waals surface area contributed by atoms with Gasteiger partial charge in [-0.25, -0.2) is 4.98 Å². The van der Waals surface area contributed by atoms with E-state index in [1.807, 2.05) is 51.9 Å². The third kappa shape index (κ3) is 6.14. The average molecular weight is 467 g/mol. The summed E-state index contributed by atoms with van der Waals surface area (Å²) in [7, 11) is 0. The summed E-state index contributed by atoms with van der Waals surface area (Å²) < 4.78 is 2.05. The summed E-state index contributed by atoms with van der Waals surface area (Å²) in [6.45, 7) is 2.55. The number of halogens is 1. The highest BCUT2D eigenvalue weighted by Gasteiger charge is 2.19. The van der Waals surface area contributed by atoms with Crippen molar-refractivity contribution in [3.05, 3.63) is 64.9 Å². The van der Waals surface area contributed by atoms with Crippen molar-refractivity contribution in [1.82, 2.24) is 19.8 Å². The molecule has 1 saturated heterocycles. The second-order valence-electron chi connectivity index (χ2n) is 8.62. The first-order chi connectivity index (χ1) is 16.1. The molecule has 0 radical (unpaired) electrons. The van der Waals surface area contributed by atoms with Crippen LogP contribution in [0.2, 0.25) is 5.02 Å². The predicted octanol–water partition coefficient (Wildman–Crippen LogP) is 4.38. The summed E-state index contributed by atoms with van der Waals surface area (Å²) in [5.74, 6) is 1.00. The van der Waals surface area contributed by atoms with Crippen molar-refractivity contribution in [2.24, 2.45) is 0 Å². The lowest BCUT2D eigenvalue weighted by Gasteiger charge is -2.21. The minimum atomic E-state index is -0.0482. The molecule has 0 saturated carbocycles. The molecule has 1 aromatic heterocycles. The molecule has 2 aromatic carbocycles. The Morgan fingerprint density at radius 2 is 1.70 bits per heavy atom.